The number of carbonyl (C=O) groups is 2. The molecule has 2 N–H and O–H groups in total. The van der Waals surface area contributed by atoms with Gasteiger partial charge in [0.2, 0.25) is 0 Å². The highest BCUT2D eigenvalue weighted by molar-refractivity contribution is 7.91. The molecule has 1 amide bonds. The molecular formula is C13H18N2O4S. The molecule has 0 radical (unpaired) electrons. The van der Waals surface area contributed by atoms with Crippen molar-refractivity contribution in [2.45, 2.75) is 33.2 Å². The van der Waals surface area contributed by atoms with Crippen molar-refractivity contribution in [3.63, 3.8) is 0 Å². The Balaban J connectivity index is 2.19. The molecule has 1 unspecified atom stereocenters. The van der Waals surface area contributed by atoms with Crippen LogP contribution in [0.15, 0.2) is 0 Å². The van der Waals surface area contributed by atoms with Crippen molar-refractivity contribution in [2.24, 2.45) is 0 Å². The number of rotatable bonds is 3. The van der Waals surface area contributed by atoms with E-state index < -0.39 is 9.84 Å². The van der Waals surface area contributed by atoms with Crippen LogP contribution in [0.4, 0.5) is 0 Å². The van der Waals surface area contributed by atoms with E-state index in [-0.39, 0.29) is 29.2 Å². The van der Waals surface area contributed by atoms with Crippen molar-refractivity contribution in [3.8, 4) is 0 Å². The summed E-state index contributed by atoms with van der Waals surface area (Å²) in [6.07, 6.45) is 0.437. The predicted molar refractivity (Wildman–Crippen MR) is 74.8 cm³/mol. The maximum Gasteiger partial charge on any atom is 0.268 e. The molecule has 2 heterocycles. The van der Waals surface area contributed by atoms with Crippen LogP contribution in [0.5, 0.6) is 0 Å². The van der Waals surface area contributed by atoms with E-state index in [1.807, 2.05) is 0 Å². The molecule has 0 aromatic carbocycles. The van der Waals surface area contributed by atoms with Gasteiger partial charge in [-0.3, -0.25) is 9.59 Å². The van der Waals surface area contributed by atoms with Gasteiger partial charge in [0.05, 0.1) is 11.5 Å². The Morgan fingerprint density at radius 3 is 2.40 bits per heavy atom. The number of aryl methyl sites for hydroxylation is 1. The fourth-order valence-electron chi connectivity index (χ4n) is 2.67. The molecule has 1 atom stereocenters. The number of amides is 1. The Hall–Kier alpha value is -1.63. The lowest BCUT2D eigenvalue weighted by Crippen LogP contribution is -2.36. The molecule has 0 spiro atoms. The summed E-state index contributed by atoms with van der Waals surface area (Å²) < 4.78 is 22.7. The zero-order valence-corrected chi connectivity index (χ0v) is 12.6. The molecule has 20 heavy (non-hydrogen) atoms. The normalized spacial score (nSPS) is 20.9. The number of Topliss-reactive ketones (excluding diaryl/α,β-unsaturated/α-hetero) is 1. The van der Waals surface area contributed by atoms with Crippen molar-refractivity contribution >= 4 is 21.5 Å². The van der Waals surface area contributed by atoms with Crippen LogP contribution in [0, 0.1) is 13.8 Å². The van der Waals surface area contributed by atoms with E-state index in [0.717, 1.165) is 0 Å². The van der Waals surface area contributed by atoms with Crippen molar-refractivity contribution < 1.29 is 18.0 Å². The zero-order valence-electron chi connectivity index (χ0n) is 11.7. The number of aromatic amines is 1. The number of carbonyl (C=O) groups excluding carboxylic acids is 2. The number of hydrogen-bond donors (Lipinski definition) is 2. The largest absolute Gasteiger partial charge is 0.354 e. The Morgan fingerprint density at radius 2 is 1.95 bits per heavy atom. The second kappa shape index (κ2) is 5.05. The van der Waals surface area contributed by atoms with E-state index >= 15 is 0 Å². The van der Waals surface area contributed by atoms with Crippen LogP contribution in [0.2, 0.25) is 0 Å². The number of aromatic nitrogens is 1. The molecule has 0 bridgehead atoms. The predicted octanol–water partition coefficient (Wildman–Crippen LogP) is 0.751. The Morgan fingerprint density at radius 1 is 1.30 bits per heavy atom. The highest BCUT2D eigenvalue weighted by Crippen LogP contribution is 2.19. The SMILES string of the molecule is CC(=O)c1c(C)[nH]c(C(=O)NC2CCS(=O)(=O)C2)c1C. The Labute approximate surface area is 117 Å². The molecule has 7 heteroatoms. The second-order valence-electron chi connectivity index (χ2n) is 5.25. The fraction of sp³-hybridized carbons (Fsp3) is 0.538. The molecule has 1 aliphatic rings. The summed E-state index contributed by atoms with van der Waals surface area (Å²) in [5.41, 5.74) is 2.11. The van der Waals surface area contributed by atoms with Crippen molar-refractivity contribution in [2.75, 3.05) is 11.5 Å². The maximum absolute atomic E-state index is 12.2. The summed E-state index contributed by atoms with van der Waals surface area (Å²) in [6, 6.07) is -0.351. The van der Waals surface area contributed by atoms with E-state index in [1.54, 1.807) is 13.8 Å². The first-order valence-electron chi connectivity index (χ1n) is 6.42. The first-order valence-corrected chi connectivity index (χ1v) is 8.25. The Kier molecular flexibility index (Phi) is 3.73. The van der Waals surface area contributed by atoms with Gasteiger partial charge in [0.15, 0.2) is 15.6 Å². The van der Waals surface area contributed by atoms with Crippen LogP contribution in [0.1, 0.15) is 45.4 Å². The first-order chi connectivity index (χ1) is 9.21. The third-order valence-electron chi connectivity index (χ3n) is 3.58. The third kappa shape index (κ3) is 2.77. The van der Waals surface area contributed by atoms with Gasteiger partial charge in [-0.2, -0.15) is 0 Å². The second-order valence-corrected chi connectivity index (χ2v) is 7.48. The van der Waals surface area contributed by atoms with Gasteiger partial charge in [-0.25, -0.2) is 8.42 Å². The Bertz CT molecular complexity index is 673. The van der Waals surface area contributed by atoms with Gasteiger partial charge < -0.3 is 10.3 Å². The number of ketones is 1. The first kappa shape index (κ1) is 14.8. The minimum absolute atomic E-state index is 0.0168. The number of sulfone groups is 1. The minimum Gasteiger partial charge on any atom is -0.354 e. The summed E-state index contributed by atoms with van der Waals surface area (Å²) in [4.78, 5) is 26.6. The summed E-state index contributed by atoms with van der Waals surface area (Å²) in [5.74, 6) is -0.366. The van der Waals surface area contributed by atoms with Crippen molar-refractivity contribution in [1.29, 1.82) is 0 Å². The van der Waals surface area contributed by atoms with Crippen LogP contribution < -0.4 is 5.32 Å². The van der Waals surface area contributed by atoms with Crippen LogP contribution in [-0.4, -0.2) is 42.6 Å². The van der Waals surface area contributed by atoms with Crippen molar-refractivity contribution in [1.82, 2.24) is 10.3 Å². The molecule has 1 fully saturated rings. The van der Waals surface area contributed by atoms with Gasteiger partial charge in [0.25, 0.3) is 5.91 Å². The topological polar surface area (TPSA) is 96.1 Å². The van der Waals surface area contributed by atoms with Gasteiger partial charge >= 0.3 is 0 Å². The van der Waals surface area contributed by atoms with E-state index in [2.05, 4.69) is 10.3 Å². The zero-order chi connectivity index (χ0) is 15.1. The summed E-state index contributed by atoms with van der Waals surface area (Å²) in [7, 11) is -3.03. The molecule has 1 aromatic rings. The smallest absolute Gasteiger partial charge is 0.268 e. The van der Waals surface area contributed by atoms with Gasteiger partial charge in [-0.1, -0.05) is 0 Å². The number of hydrogen-bond acceptors (Lipinski definition) is 4. The fourth-order valence-corrected chi connectivity index (χ4v) is 4.34. The molecule has 6 nitrogen and oxygen atoms in total. The molecule has 1 aliphatic heterocycles. The van der Waals surface area contributed by atoms with Crippen LogP contribution in [0.25, 0.3) is 0 Å². The molecule has 0 saturated carbocycles. The van der Waals surface area contributed by atoms with E-state index in [4.69, 9.17) is 0 Å². The van der Waals surface area contributed by atoms with Gasteiger partial charge in [0.1, 0.15) is 5.69 Å². The van der Waals surface area contributed by atoms with Gasteiger partial charge in [0, 0.05) is 17.3 Å². The van der Waals surface area contributed by atoms with E-state index in [0.29, 0.717) is 28.9 Å². The molecule has 110 valence electrons. The molecular weight excluding hydrogens is 280 g/mol. The lowest BCUT2D eigenvalue weighted by Gasteiger charge is -2.10. The molecule has 0 aliphatic carbocycles. The number of H-pyrrole nitrogens is 1. The highest BCUT2D eigenvalue weighted by Gasteiger charge is 2.30. The minimum atomic E-state index is -3.03. The van der Waals surface area contributed by atoms with Gasteiger partial charge in [-0.15, -0.1) is 0 Å². The van der Waals surface area contributed by atoms with E-state index in [9.17, 15) is 18.0 Å². The standard InChI is InChI=1S/C13H18N2O4S/c1-7-11(9(3)16)8(2)14-12(7)13(17)15-10-4-5-20(18,19)6-10/h10,14H,4-6H2,1-3H3,(H,15,17). The number of nitrogens with one attached hydrogen (secondary N) is 2. The quantitative estimate of drug-likeness (QED) is 0.805. The lowest BCUT2D eigenvalue weighted by atomic mass is 10.1. The van der Waals surface area contributed by atoms with Crippen LogP contribution >= 0.6 is 0 Å². The molecule has 1 saturated heterocycles. The monoisotopic (exact) mass is 298 g/mol. The average molecular weight is 298 g/mol. The average Bonchev–Trinajstić information content (AvgIpc) is 2.78. The third-order valence-corrected chi connectivity index (χ3v) is 5.35. The molecule has 1 aromatic heterocycles. The van der Waals surface area contributed by atoms with Crippen LogP contribution in [0.3, 0.4) is 0 Å². The summed E-state index contributed by atoms with van der Waals surface area (Å²) >= 11 is 0. The van der Waals surface area contributed by atoms with E-state index in [1.165, 1.54) is 6.92 Å². The van der Waals surface area contributed by atoms with Crippen molar-refractivity contribution in [3.05, 3.63) is 22.5 Å². The molecule has 2 rings (SSSR count). The van der Waals surface area contributed by atoms with Crippen LogP contribution in [-0.2, 0) is 9.84 Å². The maximum atomic E-state index is 12.2. The highest BCUT2D eigenvalue weighted by atomic mass is 32.2. The summed E-state index contributed by atoms with van der Waals surface area (Å²) in [6.45, 7) is 4.90. The van der Waals surface area contributed by atoms with Gasteiger partial charge in [-0.05, 0) is 32.8 Å². The lowest BCUT2D eigenvalue weighted by molar-refractivity contribution is 0.0935. The summed E-state index contributed by atoms with van der Waals surface area (Å²) in [5, 5.41) is 2.71.